The SMILES string of the molecule is CCc1cccc(C)c1NC(=O)C(C)Sc1ccc(NS(=O)(=O)c2ccccc2)cc1. The molecule has 5 nitrogen and oxygen atoms in total. The maximum absolute atomic E-state index is 12.7. The minimum atomic E-state index is -3.63. The standard InChI is InChI=1S/C24H26N2O3S2/c1-4-19-10-8-9-17(2)23(19)25-24(27)18(3)30-21-15-13-20(14-16-21)26-31(28,29)22-11-6-5-7-12-22/h5-16,18,26H,4H2,1-3H3,(H,25,27). The van der Waals surface area contributed by atoms with Crippen molar-refractivity contribution in [3.63, 3.8) is 0 Å². The molecule has 31 heavy (non-hydrogen) atoms. The second kappa shape index (κ2) is 10.0. The van der Waals surface area contributed by atoms with Crippen LogP contribution >= 0.6 is 11.8 Å². The molecule has 0 saturated carbocycles. The van der Waals surface area contributed by atoms with Crippen molar-refractivity contribution in [1.29, 1.82) is 0 Å². The van der Waals surface area contributed by atoms with E-state index in [1.54, 1.807) is 42.5 Å². The van der Waals surface area contributed by atoms with Gasteiger partial charge in [0.1, 0.15) is 0 Å². The summed E-state index contributed by atoms with van der Waals surface area (Å²) in [6, 6.07) is 21.2. The second-order valence-electron chi connectivity index (χ2n) is 7.15. The Kier molecular flexibility index (Phi) is 7.41. The normalized spacial score (nSPS) is 12.2. The van der Waals surface area contributed by atoms with Gasteiger partial charge in [-0.3, -0.25) is 9.52 Å². The number of nitrogens with one attached hydrogen (secondary N) is 2. The van der Waals surface area contributed by atoms with Gasteiger partial charge in [0.05, 0.1) is 10.1 Å². The Bertz CT molecular complexity index is 1150. The summed E-state index contributed by atoms with van der Waals surface area (Å²) in [6.45, 7) is 5.91. The van der Waals surface area contributed by atoms with Crippen molar-refractivity contribution in [1.82, 2.24) is 0 Å². The summed E-state index contributed by atoms with van der Waals surface area (Å²) < 4.78 is 27.4. The van der Waals surface area contributed by atoms with E-state index in [0.717, 1.165) is 28.1 Å². The van der Waals surface area contributed by atoms with Crippen LogP contribution in [0.5, 0.6) is 0 Å². The van der Waals surface area contributed by atoms with Crippen LogP contribution in [0.1, 0.15) is 25.0 Å². The molecular formula is C24H26N2O3S2. The van der Waals surface area contributed by atoms with Crippen LogP contribution in [0, 0.1) is 6.92 Å². The summed E-state index contributed by atoms with van der Waals surface area (Å²) in [7, 11) is -3.63. The predicted octanol–water partition coefficient (Wildman–Crippen LogP) is 5.48. The number of aryl methyl sites for hydroxylation is 2. The van der Waals surface area contributed by atoms with Gasteiger partial charge < -0.3 is 5.32 Å². The van der Waals surface area contributed by atoms with Gasteiger partial charge in [-0.1, -0.05) is 43.3 Å². The van der Waals surface area contributed by atoms with Crippen molar-refractivity contribution < 1.29 is 13.2 Å². The van der Waals surface area contributed by atoms with Gasteiger partial charge in [-0.15, -0.1) is 11.8 Å². The molecule has 162 valence electrons. The van der Waals surface area contributed by atoms with Crippen LogP contribution in [-0.2, 0) is 21.2 Å². The minimum Gasteiger partial charge on any atom is -0.325 e. The number of sulfonamides is 1. The van der Waals surface area contributed by atoms with E-state index in [1.165, 1.54) is 11.8 Å². The van der Waals surface area contributed by atoms with E-state index in [4.69, 9.17) is 0 Å². The molecule has 1 unspecified atom stereocenters. The first-order valence-corrected chi connectivity index (χ1v) is 12.4. The summed E-state index contributed by atoms with van der Waals surface area (Å²) in [5, 5.41) is 2.75. The molecule has 0 saturated heterocycles. The van der Waals surface area contributed by atoms with Gasteiger partial charge in [0, 0.05) is 16.3 Å². The van der Waals surface area contributed by atoms with Gasteiger partial charge in [0.25, 0.3) is 10.0 Å². The maximum atomic E-state index is 12.7. The lowest BCUT2D eigenvalue weighted by Gasteiger charge is -2.16. The number of carbonyl (C=O) groups excluding carboxylic acids is 1. The van der Waals surface area contributed by atoms with E-state index in [0.29, 0.717) is 5.69 Å². The van der Waals surface area contributed by atoms with Crippen LogP contribution in [0.2, 0.25) is 0 Å². The van der Waals surface area contributed by atoms with Gasteiger partial charge in [0.15, 0.2) is 0 Å². The first-order valence-electron chi connectivity index (χ1n) is 10.0. The van der Waals surface area contributed by atoms with Crippen molar-refractivity contribution in [3.05, 3.63) is 83.9 Å². The topological polar surface area (TPSA) is 75.3 Å². The third-order valence-electron chi connectivity index (χ3n) is 4.83. The highest BCUT2D eigenvalue weighted by molar-refractivity contribution is 8.00. The Hall–Kier alpha value is -2.77. The molecule has 0 aliphatic carbocycles. The molecule has 0 fully saturated rings. The highest BCUT2D eigenvalue weighted by Gasteiger charge is 2.17. The van der Waals surface area contributed by atoms with E-state index in [9.17, 15) is 13.2 Å². The zero-order valence-corrected chi connectivity index (χ0v) is 19.4. The number of thioether (sulfide) groups is 1. The molecule has 1 amide bonds. The molecule has 0 aromatic heterocycles. The molecular weight excluding hydrogens is 428 g/mol. The van der Waals surface area contributed by atoms with E-state index in [2.05, 4.69) is 17.0 Å². The molecule has 3 aromatic rings. The Balaban J connectivity index is 1.64. The maximum Gasteiger partial charge on any atom is 0.261 e. The number of hydrogen-bond acceptors (Lipinski definition) is 4. The highest BCUT2D eigenvalue weighted by atomic mass is 32.2. The fraction of sp³-hybridized carbons (Fsp3) is 0.208. The second-order valence-corrected chi connectivity index (χ2v) is 10.3. The van der Waals surface area contributed by atoms with Gasteiger partial charge in [0.2, 0.25) is 5.91 Å². The van der Waals surface area contributed by atoms with Crippen LogP contribution < -0.4 is 10.0 Å². The quantitative estimate of drug-likeness (QED) is 0.442. The molecule has 0 aliphatic heterocycles. The summed E-state index contributed by atoms with van der Waals surface area (Å²) in [6.07, 6.45) is 0.846. The van der Waals surface area contributed by atoms with Crippen molar-refractivity contribution in [2.75, 3.05) is 10.0 Å². The number of benzene rings is 3. The summed E-state index contributed by atoms with van der Waals surface area (Å²) in [5.74, 6) is -0.0668. The van der Waals surface area contributed by atoms with Crippen molar-refractivity contribution in [3.8, 4) is 0 Å². The van der Waals surface area contributed by atoms with Crippen LogP contribution in [0.4, 0.5) is 11.4 Å². The van der Waals surface area contributed by atoms with Gasteiger partial charge in [-0.05, 0) is 67.8 Å². The van der Waals surface area contributed by atoms with Crippen LogP contribution in [0.15, 0.2) is 82.6 Å². The van der Waals surface area contributed by atoms with Crippen molar-refractivity contribution in [2.45, 2.75) is 42.2 Å². The number of rotatable bonds is 8. The molecule has 3 aromatic carbocycles. The van der Waals surface area contributed by atoms with Crippen LogP contribution in [0.25, 0.3) is 0 Å². The third kappa shape index (κ3) is 5.89. The van der Waals surface area contributed by atoms with Crippen molar-refractivity contribution >= 4 is 39.1 Å². The predicted molar refractivity (Wildman–Crippen MR) is 128 cm³/mol. The fourth-order valence-electron chi connectivity index (χ4n) is 3.10. The first-order chi connectivity index (χ1) is 14.8. The largest absolute Gasteiger partial charge is 0.325 e. The Morgan fingerprint density at radius 2 is 1.65 bits per heavy atom. The number of hydrogen-bond donors (Lipinski definition) is 2. The van der Waals surface area contributed by atoms with Gasteiger partial charge in [-0.2, -0.15) is 0 Å². The molecule has 1 atom stereocenters. The number of para-hydroxylation sites is 1. The monoisotopic (exact) mass is 454 g/mol. The van der Waals surface area contributed by atoms with Crippen LogP contribution in [-0.4, -0.2) is 19.6 Å². The summed E-state index contributed by atoms with van der Waals surface area (Å²) in [5.41, 5.74) is 3.51. The molecule has 0 bridgehead atoms. The molecule has 3 rings (SSSR count). The Labute approximate surface area is 188 Å². The lowest BCUT2D eigenvalue weighted by Crippen LogP contribution is -2.23. The molecule has 7 heteroatoms. The minimum absolute atomic E-state index is 0.0668. The van der Waals surface area contributed by atoms with E-state index < -0.39 is 10.0 Å². The first kappa shape index (κ1) is 22.9. The number of amides is 1. The molecule has 2 N–H and O–H groups in total. The van der Waals surface area contributed by atoms with E-state index >= 15 is 0 Å². The molecule has 0 spiro atoms. The molecule has 0 aliphatic rings. The Morgan fingerprint density at radius 3 is 2.29 bits per heavy atom. The lowest BCUT2D eigenvalue weighted by atomic mass is 10.1. The zero-order chi connectivity index (χ0) is 22.4. The fourth-order valence-corrected chi connectivity index (χ4v) is 5.05. The highest BCUT2D eigenvalue weighted by Crippen LogP contribution is 2.28. The van der Waals surface area contributed by atoms with E-state index in [-0.39, 0.29) is 16.1 Å². The zero-order valence-electron chi connectivity index (χ0n) is 17.8. The smallest absolute Gasteiger partial charge is 0.261 e. The Morgan fingerprint density at radius 1 is 0.968 bits per heavy atom. The number of anilines is 2. The van der Waals surface area contributed by atoms with Gasteiger partial charge >= 0.3 is 0 Å². The molecule has 0 radical (unpaired) electrons. The average Bonchev–Trinajstić information content (AvgIpc) is 2.76. The van der Waals surface area contributed by atoms with Gasteiger partial charge in [-0.25, -0.2) is 8.42 Å². The average molecular weight is 455 g/mol. The van der Waals surface area contributed by atoms with Crippen molar-refractivity contribution in [2.24, 2.45) is 0 Å². The molecule has 0 heterocycles. The lowest BCUT2D eigenvalue weighted by molar-refractivity contribution is -0.115. The summed E-state index contributed by atoms with van der Waals surface area (Å²) >= 11 is 1.42. The summed E-state index contributed by atoms with van der Waals surface area (Å²) in [4.78, 5) is 13.8. The van der Waals surface area contributed by atoms with Crippen LogP contribution in [0.3, 0.4) is 0 Å². The third-order valence-corrected chi connectivity index (χ3v) is 7.34. The van der Waals surface area contributed by atoms with E-state index in [1.807, 2.05) is 44.2 Å². The number of carbonyl (C=O) groups is 1.